The number of amides is 2. The Morgan fingerprint density at radius 1 is 1.35 bits per heavy atom. The van der Waals surface area contributed by atoms with Gasteiger partial charge in [-0.1, -0.05) is 0 Å². The summed E-state index contributed by atoms with van der Waals surface area (Å²) in [5, 5.41) is 16.2. The molecule has 5 nitrogen and oxygen atoms in total. The molecule has 1 aromatic rings. The Bertz CT molecular complexity index is 478. The van der Waals surface area contributed by atoms with E-state index in [4.69, 9.17) is 10.00 Å². The number of carbonyl (C=O) groups is 1. The zero-order chi connectivity index (χ0) is 14.2. The summed E-state index contributed by atoms with van der Waals surface area (Å²) in [5.74, 6) is 0.504. The van der Waals surface area contributed by atoms with Gasteiger partial charge < -0.3 is 15.4 Å². The highest BCUT2D eigenvalue weighted by atomic mass is 32.2. The molecule has 0 unspecified atom stereocenters. The number of urea groups is 1. The fourth-order valence-electron chi connectivity index (χ4n) is 2.02. The van der Waals surface area contributed by atoms with Crippen LogP contribution in [0.4, 0.5) is 10.5 Å². The van der Waals surface area contributed by atoms with E-state index in [0.29, 0.717) is 12.5 Å². The second-order valence-electron chi connectivity index (χ2n) is 4.61. The van der Waals surface area contributed by atoms with Gasteiger partial charge in [-0.2, -0.15) is 5.26 Å². The van der Waals surface area contributed by atoms with Gasteiger partial charge in [0.15, 0.2) is 0 Å². The molecule has 0 aromatic heterocycles. The van der Waals surface area contributed by atoms with E-state index in [9.17, 15) is 4.79 Å². The Morgan fingerprint density at radius 3 is 2.70 bits per heavy atom. The third kappa shape index (κ3) is 4.76. The number of nitrogens with one attached hydrogen (secondary N) is 2. The van der Waals surface area contributed by atoms with Crippen LogP contribution in [0.5, 0.6) is 0 Å². The number of hydrogen-bond acceptors (Lipinski definition) is 4. The van der Waals surface area contributed by atoms with Crippen LogP contribution in [0.15, 0.2) is 29.2 Å². The van der Waals surface area contributed by atoms with Crippen LogP contribution in [-0.2, 0) is 4.74 Å². The summed E-state index contributed by atoms with van der Waals surface area (Å²) in [6, 6.07) is 6.99. The van der Waals surface area contributed by atoms with E-state index in [1.165, 1.54) is 0 Å². The van der Waals surface area contributed by atoms with Crippen molar-refractivity contribution in [1.29, 1.82) is 5.26 Å². The number of thiocyanates is 1. The Kier molecular flexibility index (Phi) is 5.71. The van der Waals surface area contributed by atoms with Crippen LogP contribution in [0.1, 0.15) is 12.8 Å². The third-order valence-corrected chi connectivity index (χ3v) is 3.77. The van der Waals surface area contributed by atoms with Gasteiger partial charge in [-0.3, -0.25) is 0 Å². The zero-order valence-electron chi connectivity index (χ0n) is 11.1. The van der Waals surface area contributed by atoms with Crippen molar-refractivity contribution >= 4 is 23.5 Å². The SMILES string of the molecule is N#CSc1ccc(NC(=O)NCC2CCOCC2)cc1. The zero-order valence-corrected chi connectivity index (χ0v) is 11.9. The molecule has 2 rings (SSSR count). The van der Waals surface area contributed by atoms with E-state index in [0.717, 1.165) is 48.4 Å². The maximum atomic E-state index is 11.8. The third-order valence-electron chi connectivity index (χ3n) is 3.17. The van der Waals surface area contributed by atoms with Gasteiger partial charge in [-0.25, -0.2) is 4.79 Å². The number of carbonyl (C=O) groups excluding carboxylic acids is 1. The van der Waals surface area contributed by atoms with Crippen molar-refractivity contribution in [2.75, 3.05) is 25.1 Å². The molecular weight excluding hydrogens is 274 g/mol. The minimum absolute atomic E-state index is 0.197. The fourth-order valence-corrected chi connectivity index (χ4v) is 2.40. The molecule has 1 fully saturated rings. The first-order valence-corrected chi connectivity index (χ1v) is 7.38. The molecule has 1 aliphatic rings. The Morgan fingerprint density at radius 2 is 2.05 bits per heavy atom. The van der Waals surface area contributed by atoms with Crippen LogP contribution in [0.25, 0.3) is 0 Å². The monoisotopic (exact) mass is 291 g/mol. The molecule has 2 N–H and O–H groups in total. The summed E-state index contributed by atoms with van der Waals surface area (Å²) in [6.07, 6.45) is 2.00. The van der Waals surface area contributed by atoms with E-state index < -0.39 is 0 Å². The first-order valence-electron chi connectivity index (χ1n) is 6.56. The van der Waals surface area contributed by atoms with Crippen LogP contribution < -0.4 is 10.6 Å². The standard InChI is InChI=1S/C14H17N3O2S/c15-10-20-13-3-1-12(2-4-13)17-14(18)16-9-11-5-7-19-8-6-11/h1-4,11H,5-9H2,(H2,16,17,18). The quantitative estimate of drug-likeness (QED) is 0.661. The minimum Gasteiger partial charge on any atom is -0.381 e. The summed E-state index contributed by atoms with van der Waals surface area (Å²) in [4.78, 5) is 12.6. The fraction of sp³-hybridized carbons (Fsp3) is 0.429. The number of rotatable bonds is 4. The van der Waals surface area contributed by atoms with Gasteiger partial charge in [-0.05, 0) is 54.8 Å². The highest BCUT2D eigenvalue weighted by molar-refractivity contribution is 8.03. The summed E-state index contributed by atoms with van der Waals surface area (Å²) >= 11 is 1.10. The molecule has 1 aromatic carbocycles. The van der Waals surface area contributed by atoms with Crippen molar-refractivity contribution in [3.63, 3.8) is 0 Å². The maximum absolute atomic E-state index is 11.8. The normalized spacial score (nSPS) is 15.3. The predicted octanol–water partition coefficient (Wildman–Crippen LogP) is 2.81. The van der Waals surface area contributed by atoms with Crippen LogP contribution >= 0.6 is 11.8 Å². The average molecular weight is 291 g/mol. The lowest BCUT2D eigenvalue weighted by Gasteiger charge is -2.22. The van der Waals surface area contributed by atoms with Crippen molar-refractivity contribution < 1.29 is 9.53 Å². The van der Waals surface area contributed by atoms with E-state index in [1.807, 2.05) is 17.5 Å². The minimum atomic E-state index is -0.197. The molecule has 1 saturated heterocycles. The van der Waals surface area contributed by atoms with E-state index in [1.54, 1.807) is 12.1 Å². The number of nitriles is 1. The van der Waals surface area contributed by atoms with Crippen LogP contribution in [0.3, 0.4) is 0 Å². The number of nitrogens with zero attached hydrogens (tertiary/aromatic N) is 1. The number of ether oxygens (including phenoxy) is 1. The Hall–Kier alpha value is -1.71. The summed E-state index contributed by atoms with van der Waals surface area (Å²) in [5.41, 5.74) is 0.719. The van der Waals surface area contributed by atoms with Gasteiger partial charge in [-0.15, -0.1) is 0 Å². The van der Waals surface area contributed by atoms with Crippen LogP contribution in [-0.4, -0.2) is 25.8 Å². The molecule has 0 radical (unpaired) electrons. The predicted molar refractivity (Wildman–Crippen MR) is 78.5 cm³/mol. The maximum Gasteiger partial charge on any atom is 0.319 e. The van der Waals surface area contributed by atoms with Crippen LogP contribution in [0.2, 0.25) is 0 Å². The van der Waals surface area contributed by atoms with Crippen molar-refractivity contribution in [2.45, 2.75) is 17.7 Å². The molecule has 0 spiro atoms. The highest BCUT2D eigenvalue weighted by Crippen LogP contribution is 2.19. The van der Waals surface area contributed by atoms with Crippen molar-refractivity contribution in [3.05, 3.63) is 24.3 Å². The molecule has 20 heavy (non-hydrogen) atoms. The lowest BCUT2D eigenvalue weighted by molar-refractivity contribution is 0.0671. The molecule has 0 bridgehead atoms. The van der Waals surface area contributed by atoms with Crippen molar-refractivity contribution in [1.82, 2.24) is 5.32 Å². The summed E-state index contributed by atoms with van der Waals surface area (Å²) in [6.45, 7) is 2.25. The molecule has 106 valence electrons. The van der Waals surface area contributed by atoms with Gasteiger partial charge in [0.1, 0.15) is 5.40 Å². The van der Waals surface area contributed by atoms with E-state index >= 15 is 0 Å². The molecule has 0 atom stereocenters. The molecule has 0 saturated carbocycles. The average Bonchev–Trinajstić information content (AvgIpc) is 2.49. The van der Waals surface area contributed by atoms with Gasteiger partial charge in [0.05, 0.1) is 0 Å². The smallest absolute Gasteiger partial charge is 0.319 e. The molecule has 6 heteroatoms. The second kappa shape index (κ2) is 7.78. The Labute approximate surface area is 122 Å². The van der Waals surface area contributed by atoms with Crippen molar-refractivity contribution in [2.24, 2.45) is 5.92 Å². The molecule has 0 aliphatic carbocycles. The number of thioether (sulfide) groups is 1. The molecule has 1 aliphatic heterocycles. The Balaban J connectivity index is 1.74. The van der Waals surface area contributed by atoms with Gasteiger partial charge in [0, 0.05) is 30.3 Å². The van der Waals surface area contributed by atoms with Gasteiger partial charge >= 0.3 is 6.03 Å². The number of anilines is 1. The largest absolute Gasteiger partial charge is 0.381 e. The first kappa shape index (κ1) is 14.7. The highest BCUT2D eigenvalue weighted by Gasteiger charge is 2.14. The lowest BCUT2D eigenvalue weighted by Crippen LogP contribution is -2.35. The second-order valence-corrected chi connectivity index (χ2v) is 5.47. The molecular formula is C14H17N3O2S. The lowest BCUT2D eigenvalue weighted by atomic mass is 10.0. The number of benzene rings is 1. The van der Waals surface area contributed by atoms with Gasteiger partial charge in [0.25, 0.3) is 0 Å². The van der Waals surface area contributed by atoms with Crippen LogP contribution in [0, 0.1) is 16.6 Å². The number of hydrogen-bond donors (Lipinski definition) is 2. The topological polar surface area (TPSA) is 74.2 Å². The summed E-state index contributed by atoms with van der Waals surface area (Å²) < 4.78 is 5.28. The van der Waals surface area contributed by atoms with E-state index in [2.05, 4.69) is 10.6 Å². The molecule has 2 amide bonds. The van der Waals surface area contributed by atoms with Gasteiger partial charge in [0.2, 0.25) is 0 Å². The van der Waals surface area contributed by atoms with Crippen molar-refractivity contribution in [3.8, 4) is 5.40 Å². The molecule has 1 heterocycles. The van der Waals surface area contributed by atoms with E-state index in [-0.39, 0.29) is 6.03 Å². The first-order chi connectivity index (χ1) is 9.78. The summed E-state index contributed by atoms with van der Waals surface area (Å²) in [7, 11) is 0.